The van der Waals surface area contributed by atoms with E-state index in [1.165, 1.54) is 29.6 Å². The minimum absolute atomic E-state index is 0.0160. The van der Waals surface area contributed by atoms with E-state index in [0.29, 0.717) is 0 Å². The molecule has 4 rings (SSSR count). The second-order valence-corrected chi connectivity index (χ2v) is 14.4. The smallest absolute Gasteiger partial charge is 0.261 e. The van der Waals surface area contributed by atoms with Crippen LogP contribution in [-0.4, -0.2) is 39.3 Å². The molecular weight excluding hydrogens is 400 g/mol. The Hall–Kier alpha value is -1.46. The van der Waals surface area contributed by atoms with Crippen LogP contribution in [0, 0.1) is 0 Å². The number of rotatable bonds is 9. The highest BCUT2D eigenvalue weighted by Gasteiger charge is 2.54. The molecule has 2 heterocycles. The molecular formula is C27H38O3Si. The van der Waals surface area contributed by atoms with Crippen LogP contribution in [0.5, 0.6) is 0 Å². The zero-order valence-electron chi connectivity index (χ0n) is 19.6. The summed E-state index contributed by atoms with van der Waals surface area (Å²) in [7, 11) is -2.57. The summed E-state index contributed by atoms with van der Waals surface area (Å²) < 4.78 is 19.6. The molecule has 0 aromatic heterocycles. The summed E-state index contributed by atoms with van der Waals surface area (Å²) in [4.78, 5) is 0. The van der Waals surface area contributed by atoms with E-state index in [2.05, 4.69) is 88.4 Å². The topological polar surface area (TPSA) is 31.0 Å². The summed E-state index contributed by atoms with van der Waals surface area (Å²) in [6.45, 7) is 10.1. The van der Waals surface area contributed by atoms with E-state index >= 15 is 0 Å². The lowest BCUT2D eigenvalue weighted by Crippen LogP contribution is -2.68. The van der Waals surface area contributed by atoms with E-state index in [1.54, 1.807) is 0 Å². The van der Waals surface area contributed by atoms with E-state index in [9.17, 15) is 0 Å². The Morgan fingerprint density at radius 3 is 1.97 bits per heavy atom. The van der Waals surface area contributed by atoms with E-state index in [4.69, 9.17) is 13.9 Å². The summed E-state index contributed by atoms with van der Waals surface area (Å²) in [5.41, 5.74) is 0. The first-order valence-corrected chi connectivity index (χ1v) is 13.9. The van der Waals surface area contributed by atoms with Crippen LogP contribution < -0.4 is 10.4 Å². The maximum Gasteiger partial charge on any atom is 0.261 e. The van der Waals surface area contributed by atoms with E-state index in [-0.39, 0.29) is 29.5 Å². The molecule has 0 saturated carbocycles. The van der Waals surface area contributed by atoms with Crippen molar-refractivity contribution in [2.24, 2.45) is 0 Å². The van der Waals surface area contributed by atoms with Gasteiger partial charge in [-0.15, -0.1) is 0 Å². The molecule has 2 fully saturated rings. The minimum atomic E-state index is -2.57. The molecule has 0 N–H and O–H groups in total. The van der Waals surface area contributed by atoms with Crippen LogP contribution >= 0.6 is 0 Å². The zero-order chi connectivity index (χ0) is 21.9. The van der Waals surface area contributed by atoms with Crippen LogP contribution in [0.15, 0.2) is 60.7 Å². The van der Waals surface area contributed by atoms with Crippen molar-refractivity contribution in [1.82, 2.24) is 0 Å². The van der Waals surface area contributed by atoms with Gasteiger partial charge in [-0.25, -0.2) is 0 Å². The summed E-state index contributed by atoms with van der Waals surface area (Å²) in [5, 5.41) is 2.66. The Labute approximate surface area is 189 Å². The quantitative estimate of drug-likeness (QED) is 0.311. The average molecular weight is 439 g/mol. The maximum atomic E-state index is 7.45. The van der Waals surface area contributed by atoms with Gasteiger partial charge in [-0.1, -0.05) is 108 Å². The average Bonchev–Trinajstić information content (AvgIpc) is 3.54. The van der Waals surface area contributed by atoms with Crippen LogP contribution in [-0.2, 0) is 13.9 Å². The standard InChI is InChI=1S/C27H38O3Si/c1-5-6-9-18-23-25(19-24(29-23)26-20-28-26)30-31(27(2,3)4,21-14-10-7-11-15-21)22-16-12-8-13-17-22/h7-8,10-17,23-26H,5-6,9,18-20H2,1-4H3/t23-,24-,25-,26-/m0/s1. The fourth-order valence-electron chi connectivity index (χ4n) is 5.15. The van der Waals surface area contributed by atoms with Crippen molar-refractivity contribution in [3.8, 4) is 0 Å². The molecule has 168 valence electrons. The number of ether oxygens (including phenoxy) is 2. The Morgan fingerprint density at radius 2 is 1.48 bits per heavy atom. The third-order valence-corrected chi connectivity index (χ3v) is 11.9. The lowest BCUT2D eigenvalue weighted by Gasteiger charge is -2.45. The molecule has 4 atom stereocenters. The van der Waals surface area contributed by atoms with Crippen molar-refractivity contribution in [2.45, 2.75) is 89.3 Å². The third-order valence-electron chi connectivity index (χ3n) is 6.84. The second-order valence-electron chi connectivity index (χ2n) is 10.1. The Balaban J connectivity index is 1.72. The first kappa shape index (κ1) is 22.7. The van der Waals surface area contributed by atoms with Gasteiger partial charge in [0, 0.05) is 6.42 Å². The van der Waals surface area contributed by atoms with Gasteiger partial charge in [-0.2, -0.15) is 0 Å². The molecule has 31 heavy (non-hydrogen) atoms. The first-order valence-electron chi connectivity index (χ1n) is 12.0. The molecule has 2 saturated heterocycles. The van der Waals surface area contributed by atoms with E-state index in [0.717, 1.165) is 19.4 Å². The fraction of sp³-hybridized carbons (Fsp3) is 0.556. The van der Waals surface area contributed by atoms with Gasteiger partial charge < -0.3 is 13.9 Å². The normalized spacial score (nSPS) is 26.2. The lowest BCUT2D eigenvalue weighted by molar-refractivity contribution is -0.000912. The number of unbranched alkanes of at least 4 members (excludes halogenated alkanes) is 2. The highest BCUT2D eigenvalue weighted by atomic mass is 28.4. The monoisotopic (exact) mass is 438 g/mol. The molecule has 2 aromatic carbocycles. The molecule has 0 radical (unpaired) electrons. The molecule has 2 aliphatic heterocycles. The van der Waals surface area contributed by atoms with Gasteiger partial charge in [0.1, 0.15) is 6.10 Å². The number of benzene rings is 2. The predicted octanol–water partition coefficient (Wildman–Crippen LogP) is 5.07. The van der Waals surface area contributed by atoms with Gasteiger partial charge in [0.25, 0.3) is 8.32 Å². The SMILES string of the molecule is CCCCC[C@@H]1O[C@H]([C@@H]2CO2)C[C@@H]1O[Si](c1ccccc1)(c1ccccc1)C(C)(C)C. The molecule has 0 bridgehead atoms. The van der Waals surface area contributed by atoms with Gasteiger partial charge in [0.15, 0.2) is 0 Å². The molecule has 0 amide bonds. The molecule has 4 heteroatoms. The van der Waals surface area contributed by atoms with Crippen LogP contribution in [0.2, 0.25) is 5.04 Å². The van der Waals surface area contributed by atoms with Gasteiger partial charge in [0.2, 0.25) is 0 Å². The highest BCUT2D eigenvalue weighted by Crippen LogP contribution is 2.41. The number of hydrogen-bond donors (Lipinski definition) is 0. The zero-order valence-corrected chi connectivity index (χ0v) is 20.6. The molecule has 0 spiro atoms. The molecule has 0 unspecified atom stereocenters. The summed E-state index contributed by atoms with van der Waals surface area (Å²) in [6, 6.07) is 21.9. The van der Waals surface area contributed by atoms with Crippen molar-refractivity contribution in [3.05, 3.63) is 60.7 Å². The van der Waals surface area contributed by atoms with Crippen molar-refractivity contribution >= 4 is 18.7 Å². The van der Waals surface area contributed by atoms with Gasteiger partial charge in [-0.3, -0.25) is 0 Å². The number of epoxide rings is 1. The summed E-state index contributed by atoms with van der Waals surface area (Å²) in [6.07, 6.45) is 6.38. The number of hydrogen-bond acceptors (Lipinski definition) is 3. The maximum absolute atomic E-state index is 7.45. The minimum Gasteiger partial charge on any atom is -0.402 e. The van der Waals surface area contributed by atoms with Crippen LogP contribution in [0.4, 0.5) is 0 Å². The first-order chi connectivity index (χ1) is 15.0. The third kappa shape index (κ3) is 4.82. The molecule has 2 aliphatic rings. The summed E-state index contributed by atoms with van der Waals surface area (Å²) >= 11 is 0. The molecule has 0 aliphatic carbocycles. The van der Waals surface area contributed by atoms with Crippen LogP contribution in [0.25, 0.3) is 0 Å². The Morgan fingerprint density at radius 1 is 0.903 bits per heavy atom. The van der Waals surface area contributed by atoms with Crippen molar-refractivity contribution < 1.29 is 13.9 Å². The Kier molecular flexibility index (Phi) is 7.02. The van der Waals surface area contributed by atoms with Crippen molar-refractivity contribution in [2.75, 3.05) is 6.61 Å². The van der Waals surface area contributed by atoms with Crippen LogP contribution in [0.1, 0.15) is 59.8 Å². The second kappa shape index (κ2) is 9.58. The Bertz CT molecular complexity index is 774. The van der Waals surface area contributed by atoms with Gasteiger partial charge in [0.05, 0.1) is 24.9 Å². The van der Waals surface area contributed by atoms with Crippen molar-refractivity contribution in [3.63, 3.8) is 0 Å². The van der Waals surface area contributed by atoms with Gasteiger partial charge >= 0.3 is 0 Å². The summed E-state index contributed by atoms with van der Waals surface area (Å²) in [5.74, 6) is 0. The van der Waals surface area contributed by atoms with Crippen molar-refractivity contribution in [1.29, 1.82) is 0 Å². The molecule has 3 nitrogen and oxygen atoms in total. The molecule has 2 aromatic rings. The predicted molar refractivity (Wildman–Crippen MR) is 130 cm³/mol. The fourth-order valence-corrected chi connectivity index (χ4v) is 9.87. The van der Waals surface area contributed by atoms with E-state index < -0.39 is 8.32 Å². The highest BCUT2D eigenvalue weighted by molar-refractivity contribution is 6.99. The van der Waals surface area contributed by atoms with Crippen LogP contribution in [0.3, 0.4) is 0 Å². The largest absolute Gasteiger partial charge is 0.402 e. The lowest BCUT2D eigenvalue weighted by atomic mass is 10.0. The van der Waals surface area contributed by atoms with E-state index in [1.807, 2.05) is 0 Å². The van der Waals surface area contributed by atoms with Gasteiger partial charge in [-0.05, 0) is 21.8 Å².